The fourth-order valence-corrected chi connectivity index (χ4v) is 3.02. The predicted octanol–water partition coefficient (Wildman–Crippen LogP) is 3.41. The first-order chi connectivity index (χ1) is 15.6. The van der Waals surface area contributed by atoms with E-state index in [1.165, 1.54) is 0 Å². The summed E-state index contributed by atoms with van der Waals surface area (Å²) >= 11 is 0. The largest absolute Gasteiger partial charge is 0.490 e. The summed E-state index contributed by atoms with van der Waals surface area (Å²) in [7, 11) is 1.80. The molecule has 3 heterocycles. The molecule has 0 fully saturated rings. The number of nitrogens with zero attached hydrogens (tertiary/aromatic N) is 5. The first-order valence-corrected chi connectivity index (χ1v) is 9.53. The Bertz CT molecular complexity index is 1280. The smallest absolute Gasteiger partial charge is 0.475 e. The molecule has 172 valence electrons. The summed E-state index contributed by atoms with van der Waals surface area (Å²) < 4.78 is 35.1. The standard InChI is InChI=1S/C19H18N6O.C2HF3O2/c1-13-11-17(24(2)22-13)21-18(26)12-25-16-6-4-3-5-15(16)19(23-25)14-7-9-20-10-8-14;3-2(4,5)1(6)7/h3-11H,12H2,1-2H3,(H,21,26);(H,6,7). The van der Waals surface area contributed by atoms with Gasteiger partial charge in [-0.05, 0) is 25.1 Å². The number of rotatable bonds is 4. The van der Waals surface area contributed by atoms with Crippen molar-refractivity contribution < 1.29 is 27.9 Å². The number of hydrogen-bond donors (Lipinski definition) is 2. The minimum Gasteiger partial charge on any atom is -0.475 e. The zero-order valence-corrected chi connectivity index (χ0v) is 17.5. The number of aromatic nitrogens is 5. The maximum absolute atomic E-state index is 12.5. The number of anilines is 1. The molecule has 2 N–H and O–H groups in total. The zero-order valence-electron chi connectivity index (χ0n) is 17.5. The molecule has 0 aliphatic carbocycles. The van der Waals surface area contributed by atoms with Gasteiger partial charge in [0, 0.05) is 36.5 Å². The van der Waals surface area contributed by atoms with Crippen LogP contribution in [0.5, 0.6) is 0 Å². The lowest BCUT2D eigenvalue weighted by atomic mass is 10.1. The molecular formula is C21H19F3N6O3. The molecule has 0 saturated carbocycles. The number of pyridine rings is 1. The van der Waals surface area contributed by atoms with Gasteiger partial charge in [-0.25, -0.2) is 4.79 Å². The van der Waals surface area contributed by atoms with E-state index in [-0.39, 0.29) is 12.5 Å². The average molecular weight is 460 g/mol. The lowest BCUT2D eigenvalue weighted by Crippen LogP contribution is -2.21. The second-order valence-electron chi connectivity index (χ2n) is 6.90. The van der Waals surface area contributed by atoms with E-state index in [1.54, 1.807) is 28.8 Å². The van der Waals surface area contributed by atoms with Gasteiger partial charge < -0.3 is 10.4 Å². The third kappa shape index (κ3) is 5.73. The van der Waals surface area contributed by atoms with Crippen LogP contribution in [-0.2, 0) is 23.2 Å². The van der Waals surface area contributed by atoms with Crippen LogP contribution in [0.15, 0.2) is 54.9 Å². The average Bonchev–Trinajstić information content (AvgIpc) is 3.27. The highest BCUT2D eigenvalue weighted by molar-refractivity contribution is 5.95. The number of benzene rings is 1. The second-order valence-corrected chi connectivity index (χ2v) is 6.90. The molecule has 4 rings (SSSR count). The Hall–Kier alpha value is -4.22. The van der Waals surface area contributed by atoms with Gasteiger partial charge in [-0.15, -0.1) is 0 Å². The number of fused-ring (bicyclic) bond motifs is 1. The van der Waals surface area contributed by atoms with E-state index in [9.17, 15) is 18.0 Å². The van der Waals surface area contributed by atoms with Crippen LogP contribution in [0.25, 0.3) is 22.2 Å². The maximum Gasteiger partial charge on any atom is 0.490 e. The van der Waals surface area contributed by atoms with Crippen LogP contribution in [0.1, 0.15) is 5.69 Å². The summed E-state index contributed by atoms with van der Waals surface area (Å²) in [6, 6.07) is 13.6. The van der Waals surface area contributed by atoms with E-state index in [2.05, 4.69) is 20.5 Å². The van der Waals surface area contributed by atoms with Crippen LogP contribution in [-0.4, -0.2) is 47.7 Å². The van der Waals surface area contributed by atoms with Crippen LogP contribution in [0.4, 0.5) is 19.0 Å². The van der Waals surface area contributed by atoms with Crippen molar-refractivity contribution in [3.8, 4) is 11.3 Å². The molecule has 0 unspecified atom stereocenters. The van der Waals surface area contributed by atoms with Gasteiger partial charge in [-0.1, -0.05) is 18.2 Å². The highest BCUT2D eigenvalue weighted by Crippen LogP contribution is 2.27. The fourth-order valence-electron chi connectivity index (χ4n) is 3.02. The first kappa shape index (κ1) is 23.4. The number of carbonyl (C=O) groups excluding carboxylic acids is 1. The van der Waals surface area contributed by atoms with Crippen molar-refractivity contribution in [1.82, 2.24) is 24.5 Å². The lowest BCUT2D eigenvalue weighted by Gasteiger charge is -2.06. The number of hydrogen-bond acceptors (Lipinski definition) is 5. The van der Waals surface area contributed by atoms with E-state index < -0.39 is 12.1 Å². The van der Waals surface area contributed by atoms with Crippen molar-refractivity contribution in [1.29, 1.82) is 0 Å². The van der Waals surface area contributed by atoms with Gasteiger partial charge in [0.05, 0.1) is 11.2 Å². The van der Waals surface area contributed by atoms with Gasteiger partial charge >= 0.3 is 12.1 Å². The third-order valence-corrected chi connectivity index (χ3v) is 4.42. The van der Waals surface area contributed by atoms with Crippen molar-refractivity contribution in [3.05, 3.63) is 60.6 Å². The first-order valence-electron chi connectivity index (χ1n) is 9.53. The minimum absolute atomic E-state index is 0.121. The Labute approximate surface area is 185 Å². The number of amides is 1. The third-order valence-electron chi connectivity index (χ3n) is 4.42. The number of carboxylic acids is 1. The maximum atomic E-state index is 12.5. The summed E-state index contributed by atoms with van der Waals surface area (Å²) in [5.74, 6) is -2.24. The van der Waals surface area contributed by atoms with Crippen LogP contribution in [0.2, 0.25) is 0 Å². The summed E-state index contributed by atoms with van der Waals surface area (Å²) in [4.78, 5) is 25.5. The molecule has 9 nitrogen and oxygen atoms in total. The molecule has 0 aliphatic rings. The van der Waals surface area contributed by atoms with Crippen LogP contribution < -0.4 is 5.32 Å². The quantitative estimate of drug-likeness (QED) is 0.482. The summed E-state index contributed by atoms with van der Waals surface area (Å²) in [6.07, 6.45) is -1.61. The summed E-state index contributed by atoms with van der Waals surface area (Å²) in [5, 5.41) is 19.9. The van der Waals surface area contributed by atoms with Crippen molar-refractivity contribution in [2.24, 2.45) is 7.05 Å². The van der Waals surface area contributed by atoms with Crippen molar-refractivity contribution in [2.75, 3.05) is 5.32 Å². The Kier molecular flexibility index (Phi) is 6.75. The Morgan fingerprint density at radius 1 is 1.09 bits per heavy atom. The highest BCUT2D eigenvalue weighted by Gasteiger charge is 2.38. The monoisotopic (exact) mass is 460 g/mol. The number of alkyl halides is 3. The van der Waals surface area contributed by atoms with E-state index in [4.69, 9.17) is 9.90 Å². The molecule has 12 heteroatoms. The molecule has 0 spiro atoms. The van der Waals surface area contributed by atoms with Crippen LogP contribution >= 0.6 is 0 Å². The normalized spacial score (nSPS) is 11.1. The second kappa shape index (κ2) is 9.51. The summed E-state index contributed by atoms with van der Waals surface area (Å²) in [6.45, 7) is 2.01. The van der Waals surface area contributed by atoms with Gasteiger partial charge in [0.15, 0.2) is 0 Å². The zero-order chi connectivity index (χ0) is 24.2. The van der Waals surface area contributed by atoms with Crippen molar-refractivity contribution in [3.63, 3.8) is 0 Å². The van der Waals surface area contributed by atoms with E-state index in [1.807, 2.05) is 49.4 Å². The van der Waals surface area contributed by atoms with Gasteiger partial charge in [0.1, 0.15) is 18.1 Å². The number of halogens is 3. The summed E-state index contributed by atoms with van der Waals surface area (Å²) in [5.41, 5.74) is 3.58. The SMILES string of the molecule is Cc1cc(NC(=O)Cn2nc(-c3ccncc3)c3ccccc32)n(C)n1.O=C(O)C(F)(F)F. The topological polar surface area (TPSA) is 115 Å². The molecule has 3 aromatic heterocycles. The molecule has 1 amide bonds. The van der Waals surface area contributed by atoms with Crippen LogP contribution in [0, 0.1) is 6.92 Å². The molecule has 0 saturated heterocycles. The fraction of sp³-hybridized carbons (Fsp3) is 0.190. The van der Waals surface area contributed by atoms with Gasteiger partial charge in [0.2, 0.25) is 5.91 Å². The molecule has 4 aromatic rings. The Morgan fingerprint density at radius 2 is 1.73 bits per heavy atom. The van der Waals surface area contributed by atoms with E-state index in [0.29, 0.717) is 5.82 Å². The number of aryl methyl sites for hydroxylation is 2. The Balaban J connectivity index is 0.000000383. The van der Waals surface area contributed by atoms with Gasteiger partial charge in [0.25, 0.3) is 0 Å². The van der Waals surface area contributed by atoms with E-state index >= 15 is 0 Å². The van der Waals surface area contributed by atoms with Gasteiger partial charge in [-0.3, -0.25) is 19.1 Å². The van der Waals surface area contributed by atoms with Crippen LogP contribution in [0.3, 0.4) is 0 Å². The lowest BCUT2D eigenvalue weighted by molar-refractivity contribution is -0.192. The molecule has 33 heavy (non-hydrogen) atoms. The molecule has 0 aliphatic heterocycles. The Morgan fingerprint density at radius 3 is 2.30 bits per heavy atom. The van der Waals surface area contributed by atoms with Crippen molar-refractivity contribution >= 4 is 28.6 Å². The number of carboxylic acid groups (broad SMARTS) is 1. The van der Waals surface area contributed by atoms with Crippen molar-refractivity contribution in [2.45, 2.75) is 19.6 Å². The number of carbonyl (C=O) groups is 2. The number of para-hydroxylation sites is 1. The predicted molar refractivity (Wildman–Crippen MR) is 113 cm³/mol. The molecule has 0 atom stereocenters. The van der Waals surface area contributed by atoms with Gasteiger partial charge in [-0.2, -0.15) is 23.4 Å². The number of aliphatic carboxylic acids is 1. The highest BCUT2D eigenvalue weighted by atomic mass is 19.4. The minimum atomic E-state index is -5.08. The number of nitrogens with one attached hydrogen (secondary N) is 1. The molecule has 1 aromatic carbocycles. The molecular weight excluding hydrogens is 441 g/mol. The van der Waals surface area contributed by atoms with E-state index in [0.717, 1.165) is 27.9 Å². The molecule has 0 radical (unpaired) electrons. The molecule has 0 bridgehead atoms.